The van der Waals surface area contributed by atoms with Crippen molar-refractivity contribution in [2.75, 3.05) is 56.1 Å². The van der Waals surface area contributed by atoms with Crippen LogP contribution in [0.1, 0.15) is 29.0 Å². The third-order valence-corrected chi connectivity index (χ3v) is 6.17. The fourth-order valence-corrected chi connectivity index (χ4v) is 4.21. The summed E-state index contributed by atoms with van der Waals surface area (Å²) in [7, 11) is 0. The third-order valence-electron chi connectivity index (χ3n) is 6.17. The Labute approximate surface area is 212 Å². The van der Waals surface area contributed by atoms with Gasteiger partial charge in [0.05, 0.1) is 6.26 Å². The lowest BCUT2D eigenvalue weighted by Crippen LogP contribution is -2.46. The lowest BCUT2D eigenvalue weighted by Gasteiger charge is -2.36. The summed E-state index contributed by atoms with van der Waals surface area (Å²) in [4.78, 5) is 29.2. The summed E-state index contributed by atoms with van der Waals surface area (Å²) in [6.07, 6.45) is 3.42. The summed E-state index contributed by atoms with van der Waals surface area (Å²) < 4.78 is 10.7. The molecule has 0 radical (unpaired) electrons. The van der Waals surface area contributed by atoms with E-state index in [4.69, 9.17) is 9.15 Å². The second-order valence-corrected chi connectivity index (χ2v) is 8.97. The fraction of sp³-hybridized carbons (Fsp3) is 0.357. The first-order valence-corrected chi connectivity index (χ1v) is 12.5. The molecule has 8 nitrogen and oxygen atoms in total. The van der Waals surface area contributed by atoms with Crippen LogP contribution in [0.15, 0.2) is 71.3 Å². The minimum atomic E-state index is -0.344. The molecule has 2 amide bonds. The lowest BCUT2D eigenvalue weighted by atomic mass is 10.2. The number of carbonyl (C=O) groups excluding carboxylic acids is 2. The number of piperazine rings is 1. The van der Waals surface area contributed by atoms with Crippen LogP contribution < -0.4 is 20.3 Å². The number of hydrogen-bond donors (Lipinski definition) is 2. The van der Waals surface area contributed by atoms with Gasteiger partial charge >= 0.3 is 0 Å². The van der Waals surface area contributed by atoms with Gasteiger partial charge in [0.2, 0.25) is 0 Å². The molecular weight excluding hydrogens is 456 g/mol. The molecule has 36 heavy (non-hydrogen) atoms. The second-order valence-electron chi connectivity index (χ2n) is 8.97. The third kappa shape index (κ3) is 7.61. The summed E-state index contributed by atoms with van der Waals surface area (Å²) >= 11 is 0. The zero-order valence-electron chi connectivity index (χ0n) is 20.7. The molecule has 1 fully saturated rings. The molecule has 8 heteroatoms. The number of rotatable bonds is 11. The molecule has 0 unspecified atom stereocenters. The maximum atomic E-state index is 12.2. The zero-order valence-corrected chi connectivity index (χ0v) is 20.7. The highest BCUT2D eigenvalue weighted by atomic mass is 16.5. The molecule has 190 valence electrons. The largest absolute Gasteiger partial charge is 0.484 e. The SMILES string of the molecule is Cc1cccc(N2CCN(CCCCNC(=O)COc3cccc(NC(=O)c4ccco4)c3)CC2)c1. The Morgan fingerprint density at radius 2 is 1.81 bits per heavy atom. The molecule has 1 aliphatic heterocycles. The van der Waals surface area contributed by atoms with E-state index in [1.54, 1.807) is 36.4 Å². The normalized spacial score (nSPS) is 13.9. The van der Waals surface area contributed by atoms with Crippen LogP contribution in [-0.2, 0) is 4.79 Å². The van der Waals surface area contributed by atoms with Crippen LogP contribution in [0.2, 0.25) is 0 Å². The summed E-state index contributed by atoms with van der Waals surface area (Å²) in [6.45, 7) is 7.96. The van der Waals surface area contributed by atoms with E-state index >= 15 is 0 Å². The predicted octanol–water partition coefficient (Wildman–Crippen LogP) is 3.94. The van der Waals surface area contributed by atoms with E-state index in [-0.39, 0.29) is 24.2 Å². The Hall–Kier alpha value is -3.78. The highest BCUT2D eigenvalue weighted by Gasteiger charge is 2.17. The van der Waals surface area contributed by atoms with Crippen molar-refractivity contribution in [2.24, 2.45) is 0 Å². The number of anilines is 2. The molecule has 2 aromatic carbocycles. The molecule has 2 heterocycles. The number of benzene rings is 2. The van der Waals surface area contributed by atoms with Crippen LogP contribution in [0.5, 0.6) is 5.75 Å². The Balaban J connectivity index is 1.07. The van der Waals surface area contributed by atoms with Crippen LogP contribution in [0, 0.1) is 6.92 Å². The molecule has 2 N–H and O–H groups in total. The fourth-order valence-electron chi connectivity index (χ4n) is 4.21. The Morgan fingerprint density at radius 3 is 2.58 bits per heavy atom. The molecule has 0 atom stereocenters. The zero-order chi connectivity index (χ0) is 25.2. The van der Waals surface area contributed by atoms with Crippen LogP contribution in [-0.4, -0.2) is 62.6 Å². The van der Waals surface area contributed by atoms with E-state index in [0.717, 1.165) is 45.6 Å². The number of hydrogen-bond acceptors (Lipinski definition) is 6. The first-order chi connectivity index (χ1) is 17.6. The van der Waals surface area contributed by atoms with Crippen LogP contribution in [0.25, 0.3) is 0 Å². The molecule has 0 saturated carbocycles. The van der Waals surface area contributed by atoms with E-state index in [1.165, 1.54) is 17.5 Å². The van der Waals surface area contributed by atoms with Crippen molar-refractivity contribution in [1.29, 1.82) is 0 Å². The van der Waals surface area contributed by atoms with Gasteiger partial charge < -0.3 is 24.7 Å². The van der Waals surface area contributed by atoms with Gasteiger partial charge in [-0.3, -0.25) is 14.5 Å². The average molecular weight is 491 g/mol. The van der Waals surface area contributed by atoms with Gasteiger partial charge in [0.15, 0.2) is 12.4 Å². The predicted molar refractivity (Wildman–Crippen MR) is 141 cm³/mol. The highest BCUT2D eigenvalue weighted by molar-refractivity contribution is 6.02. The Morgan fingerprint density at radius 1 is 0.972 bits per heavy atom. The van der Waals surface area contributed by atoms with Gasteiger partial charge in [-0.05, 0) is 68.3 Å². The lowest BCUT2D eigenvalue weighted by molar-refractivity contribution is -0.123. The molecule has 4 rings (SSSR count). The van der Waals surface area contributed by atoms with Gasteiger partial charge in [0, 0.05) is 50.2 Å². The average Bonchev–Trinajstić information content (AvgIpc) is 3.43. The second kappa shape index (κ2) is 12.8. The molecule has 0 bridgehead atoms. The smallest absolute Gasteiger partial charge is 0.291 e. The first-order valence-electron chi connectivity index (χ1n) is 12.5. The van der Waals surface area contributed by atoms with Crippen molar-refractivity contribution < 1.29 is 18.7 Å². The van der Waals surface area contributed by atoms with Crippen molar-refractivity contribution in [3.63, 3.8) is 0 Å². The van der Waals surface area contributed by atoms with Crippen LogP contribution >= 0.6 is 0 Å². The van der Waals surface area contributed by atoms with Crippen LogP contribution in [0.4, 0.5) is 11.4 Å². The molecule has 0 aliphatic carbocycles. The van der Waals surface area contributed by atoms with Gasteiger partial charge in [-0.2, -0.15) is 0 Å². The van der Waals surface area contributed by atoms with E-state index in [0.29, 0.717) is 18.0 Å². The highest BCUT2D eigenvalue weighted by Crippen LogP contribution is 2.19. The van der Waals surface area contributed by atoms with E-state index < -0.39 is 0 Å². The number of nitrogens with one attached hydrogen (secondary N) is 2. The van der Waals surface area contributed by atoms with Crippen molar-refractivity contribution >= 4 is 23.2 Å². The summed E-state index contributed by atoms with van der Waals surface area (Å²) in [5.41, 5.74) is 3.17. The van der Waals surface area contributed by atoms with Gasteiger partial charge in [0.1, 0.15) is 5.75 Å². The van der Waals surface area contributed by atoms with Gasteiger partial charge in [0.25, 0.3) is 11.8 Å². The van der Waals surface area contributed by atoms with Gasteiger partial charge in [-0.25, -0.2) is 0 Å². The first kappa shape index (κ1) is 25.3. The number of amides is 2. The number of ether oxygens (including phenoxy) is 1. The summed E-state index contributed by atoms with van der Waals surface area (Å²) in [5.74, 6) is 0.229. The van der Waals surface area contributed by atoms with Gasteiger partial charge in [-0.15, -0.1) is 0 Å². The number of nitrogens with zero attached hydrogens (tertiary/aromatic N) is 2. The van der Waals surface area contributed by atoms with Crippen molar-refractivity contribution in [1.82, 2.24) is 10.2 Å². The summed E-state index contributed by atoms with van der Waals surface area (Å²) in [5, 5.41) is 5.66. The summed E-state index contributed by atoms with van der Waals surface area (Å²) in [6, 6.07) is 18.9. The van der Waals surface area contributed by atoms with Gasteiger partial charge in [-0.1, -0.05) is 18.2 Å². The minimum absolute atomic E-state index is 0.0729. The molecule has 1 aliphatic rings. The Kier molecular flexibility index (Phi) is 8.99. The van der Waals surface area contributed by atoms with E-state index in [1.807, 2.05) is 0 Å². The molecule has 1 saturated heterocycles. The monoisotopic (exact) mass is 490 g/mol. The number of carbonyl (C=O) groups is 2. The maximum absolute atomic E-state index is 12.2. The van der Waals surface area contributed by atoms with Crippen molar-refractivity contribution in [2.45, 2.75) is 19.8 Å². The van der Waals surface area contributed by atoms with Crippen LogP contribution in [0.3, 0.4) is 0 Å². The number of furan rings is 1. The molecule has 0 spiro atoms. The van der Waals surface area contributed by atoms with Crippen molar-refractivity contribution in [3.8, 4) is 5.75 Å². The van der Waals surface area contributed by atoms with Crippen molar-refractivity contribution in [3.05, 3.63) is 78.3 Å². The number of unbranched alkanes of at least 4 members (excludes halogenated alkanes) is 1. The standard InChI is InChI=1S/C28H34N4O4/c1-22-7-4-9-24(19-22)32-16-14-31(15-17-32)13-3-2-12-29-27(33)21-36-25-10-5-8-23(20-25)30-28(34)26-11-6-18-35-26/h4-11,18-20H,2-3,12-17,21H2,1H3,(H,29,33)(H,30,34). The van der Waals surface area contributed by atoms with E-state index in [9.17, 15) is 9.59 Å². The Bertz CT molecular complexity index is 1120. The molecule has 1 aromatic heterocycles. The maximum Gasteiger partial charge on any atom is 0.291 e. The minimum Gasteiger partial charge on any atom is -0.484 e. The quantitative estimate of drug-likeness (QED) is 0.396. The molecule has 3 aromatic rings. The topological polar surface area (TPSA) is 87.0 Å². The number of aryl methyl sites for hydroxylation is 1. The van der Waals surface area contributed by atoms with E-state index in [2.05, 4.69) is 51.6 Å². The molecular formula is C28H34N4O4.